The van der Waals surface area contributed by atoms with Crippen LogP contribution >= 0.6 is 11.6 Å². The van der Waals surface area contributed by atoms with Gasteiger partial charge in [-0.3, -0.25) is 10.1 Å². The number of ether oxygens (including phenoxy) is 1. The number of hydrogen-bond acceptors (Lipinski definition) is 5. The molecule has 1 aromatic heterocycles. The number of carbonyl (C=O) groups excluding carboxylic acids is 1. The molecule has 7 nitrogen and oxygen atoms in total. The first kappa shape index (κ1) is 26.0. The van der Waals surface area contributed by atoms with E-state index >= 15 is 0 Å². The molecule has 3 aromatic carbocycles. The third kappa shape index (κ3) is 6.57. The third-order valence-corrected chi connectivity index (χ3v) is 6.35. The van der Waals surface area contributed by atoms with Gasteiger partial charge in [-0.1, -0.05) is 83.5 Å². The van der Waals surface area contributed by atoms with Crippen LogP contribution in [-0.4, -0.2) is 22.3 Å². The summed E-state index contributed by atoms with van der Waals surface area (Å²) in [4.78, 5) is 23.3. The molecule has 1 amide bonds. The summed E-state index contributed by atoms with van der Waals surface area (Å²) in [6, 6.07) is 23.0. The highest BCUT2D eigenvalue weighted by Crippen LogP contribution is 2.33. The maximum atomic E-state index is 12.6. The minimum absolute atomic E-state index is 0.166. The van der Waals surface area contributed by atoms with Crippen LogP contribution in [0, 0.1) is 6.92 Å². The molecule has 0 saturated carbocycles. The zero-order valence-corrected chi connectivity index (χ0v) is 21.3. The van der Waals surface area contributed by atoms with E-state index < -0.39 is 18.2 Å². The summed E-state index contributed by atoms with van der Waals surface area (Å²) in [5, 5.41) is 16.1. The summed E-state index contributed by atoms with van der Waals surface area (Å²) < 4.78 is 11.0. The van der Waals surface area contributed by atoms with E-state index in [0.717, 1.165) is 28.7 Å². The molecule has 4 rings (SSSR count). The minimum atomic E-state index is -0.777. The number of nitrogens with one attached hydrogen (secondary N) is 1. The second-order valence-electron chi connectivity index (χ2n) is 8.69. The first-order chi connectivity index (χ1) is 17.8. The average molecular weight is 519 g/mol. The van der Waals surface area contributed by atoms with Gasteiger partial charge in [-0.2, -0.15) is 0 Å². The van der Waals surface area contributed by atoms with Gasteiger partial charge in [0.15, 0.2) is 5.76 Å². The number of nitrogens with zero attached hydrogens (tertiary/aromatic N) is 1. The van der Waals surface area contributed by atoms with Crippen molar-refractivity contribution in [3.63, 3.8) is 0 Å². The van der Waals surface area contributed by atoms with Crippen molar-refractivity contribution in [3.8, 4) is 22.5 Å². The highest BCUT2D eigenvalue weighted by atomic mass is 35.5. The maximum Gasteiger partial charge on any atom is 0.412 e. The van der Waals surface area contributed by atoms with Gasteiger partial charge in [0, 0.05) is 22.6 Å². The summed E-state index contributed by atoms with van der Waals surface area (Å²) in [7, 11) is 0. The molecule has 1 atom stereocenters. The number of aryl methyl sites for hydroxylation is 2. The molecule has 4 aromatic rings. The van der Waals surface area contributed by atoms with Gasteiger partial charge in [-0.15, -0.1) is 0 Å². The van der Waals surface area contributed by atoms with Gasteiger partial charge in [0.05, 0.1) is 0 Å². The van der Waals surface area contributed by atoms with Crippen LogP contribution < -0.4 is 5.32 Å². The topological polar surface area (TPSA) is 102 Å². The van der Waals surface area contributed by atoms with E-state index in [2.05, 4.69) is 10.5 Å². The zero-order chi connectivity index (χ0) is 26.4. The normalized spacial score (nSPS) is 11.6. The van der Waals surface area contributed by atoms with Crippen molar-refractivity contribution in [3.05, 3.63) is 94.6 Å². The van der Waals surface area contributed by atoms with Crippen molar-refractivity contribution >= 4 is 29.4 Å². The maximum absolute atomic E-state index is 12.6. The quantitative estimate of drug-likeness (QED) is 0.235. The van der Waals surface area contributed by atoms with Gasteiger partial charge in [0.2, 0.25) is 0 Å². The Morgan fingerprint density at radius 3 is 2.27 bits per heavy atom. The molecule has 0 bridgehead atoms. The van der Waals surface area contributed by atoms with E-state index in [-0.39, 0.29) is 6.42 Å². The summed E-state index contributed by atoms with van der Waals surface area (Å²) >= 11 is 6.21. The molecule has 0 aliphatic heterocycles. The number of rotatable bonds is 9. The van der Waals surface area contributed by atoms with Crippen LogP contribution in [-0.2, 0) is 16.0 Å². The summed E-state index contributed by atoms with van der Waals surface area (Å²) in [5.74, 6) is -0.347. The van der Waals surface area contributed by atoms with Crippen LogP contribution in [0.1, 0.15) is 42.7 Å². The Morgan fingerprint density at radius 2 is 1.62 bits per heavy atom. The molecule has 37 heavy (non-hydrogen) atoms. The van der Waals surface area contributed by atoms with Crippen LogP contribution in [0.15, 0.2) is 77.3 Å². The lowest BCUT2D eigenvalue weighted by atomic mass is 10.00. The molecule has 1 heterocycles. The average Bonchev–Trinajstić information content (AvgIpc) is 3.24. The van der Waals surface area contributed by atoms with E-state index in [1.54, 1.807) is 19.9 Å². The van der Waals surface area contributed by atoms with Crippen molar-refractivity contribution in [1.82, 2.24) is 5.16 Å². The monoisotopic (exact) mass is 518 g/mol. The Morgan fingerprint density at radius 1 is 1.00 bits per heavy atom. The molecule has 0 spiro atoms. The number of carboxylic acid groups (broad SMARTS) is 1. The second-order valence-corrected chi connectivity index (χ2v) is 9.09. The Balaban J connectivity index is 1.43. The van der Waals surface area contributed by atoms with Crippen LogP contribution in [0.3, 0.4) is 0 Å². The molecule has 0 aliphatic rings. The Hall–Kier alpha value is -4.10. The predicted molar refractivity (Wildman–Crippen MR) is 143 cm³/mol. The van der Waals surface area contributed by atoms with Crippen LogP contribution in [0.25, 0.3) is 22.5 Å². The zero-order valence-electron chi connectivity index (χ0n) is 20.5. The second kappa shape index (κ2) is 11.8. The molecular formula is C29H27ClN2O5. The number of aliphatic carboxylic acids is 1. The van der Waals surface area contributed by atoms with Gasteiger partial charge < -0.3 is 14.4 Å². The van der Waals surface area contributed by atoms with Crippen LogP contribution in [0.5, 0.6) is 0 Å². The molecule has 8 heteroatoms. The number of anilines is 1. The highest BCUT2D eigenvalue weighted by Gasteiger charge is 2.20. The fourth-order valence-electron chi connectivity index (χ4n) is 4.00. The van der Waals surface area contributed by atoms with Gasteiger partial charge in [0.25, 0.3) is 0 Å². The van der Waals surface area contributed by atoms with E-state index in [1.165, 1.54) is 0 Å². The smallest absolute Gasteiger partial charge is 0.412 e. The SMILES string of the molecule is Cc1noc(-c2ccc(-c3ccc(CCCC(=O)O)cc3)cc2)c1NC(=O)OC(C)c1ccccc1Cl. The van der Waals surface area contributed by atoms with E-state index in [0.29, 0.717) is 34.1 Å². The number of aromatic nitrogens is 1. The molecule has 0 fully saturated rings. The fourth-order valence-corrected chi connectivity index (χ4v) is 4.29. The fraction of sp³-hybridized carbons (Fsp3) is 0.207. The summed E-state index contributed by atoms with van der Waals surface area (Å²) in [6.07, 6.45) is 0.327. The molecule has 2 N–H and O–H groups in total. The number of halogens is 1. The predicted octanol–water partition coefficient (Wildman–Crippen LogP) is 7.69. The molecular weight excluding hydrogens is 492 g/mol. The van der Waals surface area contributed by atoms with Crippen molar-refractivity contribution < 1.29 is 24.0 Å². The van der Waals surface area contributed by atoms with Gasteiger partial charge in [-0.25, -0.2) is 4.79 Å². The first-order valence-electron chi connectivity index (χ1n) is 11.9. The highest BCUT2D eigenvalue weighted by molar-refractivity contribution is 6.31. The van der Waals surface area contributed by atoms with Crippen molar-refractivity contribution in [2.24, 2.45) is 0 Å². The number of amides is 1. The molecule has 190 valence electrons. The largest absolute Gasteiger partial charge is 0.481 e. The minimum Gasteiger partial charge on any atom is -0.481 e. The molecule has 0 radical (unpaired) electrons. The van der Waals surface area contributed by atoms with Crippen LogP contribution in [0.4, 0.5) is 10.5 Å². The van der Waals surface area contributed by atoms with E-state index in [4.69, 9.17) is 26.0 Å². The number of carboxylic acids is 1. The molecule has 1 unspecified atom stereocenters. The molecule has 0 aliphatic carbocycles. The Labute approximate surface area is 220 Å². The number of benzene rings is 3. The number of hydrogen-bond donors (Lipinski definition) is 2. The van der Waals surface area contributed by atoms with Crippen molar-refractivity contribution in [2.45, 2.75) is 39.2 Å². The van der Waals surface area contributed by atoms with Crippen molar-refractivity contribution in [1.29, 1.82) is 0 Å². The van der Waals surface area contributed by atoms with E-state index in [9.17, 15) is 9.59 Å². The van der Waals surface area contributed by atoms with Crippen molar-refractivity contribution in [2.75, 3.05) is 5.32 Å². The lowest BCUT2D eigenvalue weighted by molar-refractivity contribution is -0.137. The lowest BCUT2D eigenvalue weighted by Crippen LogP contribution is -2.17. The molecule has 0 saturated heterocycles. The number of carbonyl (C=O) groups is 2. The van der Waals surface area contributed by atoms with Gasteiger partial charge in [0.1, 0.15) is 17.5 Å². The van der Waals surface area contributed by atoms with E-state index in [1.807, 2.05) is 66.7 Å². The van der Waals surface area contributed by atoms with Crippen LogP contribution in [0.2, 0.25) is 5.02 Å². The Kier molecular flexibility index (Phi) is 8.25. The third-order valence-electron chi connectivity index (χ3n) is 6.01. The Bertz CT molecular complexity index is 1380. The summed E-state index contributed by atoms with van der Waals surface area (Å²) in [5.41, 5.74) is 5.59. The summed E-state index contributed by atoms with van der Waals surface area (Å²) in [6.45, 7) is 3.50. The van der Waals surface area contributed by atoms with Gasteiger partial charge in [-0.05, 0) is 49.4 Å². The van der Waals surface area contributed by atoms with Gasteiger partial charge >= 0.3 is 12.1 Å². The standard InChI is InChI=1S/C29H27ClN2O5/c1-18-27(31-29(35)36-19(2)24-7-3-4-8-25(24)30)28(37-32-18)23-16-14-22(15-17-23)21-12-10-20(11-13-21)6-5-9-26(33)34/h3-4,7-8,10-17,19H,5-6,9H2,1-2H3,(H,31,35)(H,33,34). The first-order valence-corrected chi connectivity index (χ1v) is 12.3. The lowest BCUT2D eigenvalue weighted by Gasteiger charge is -2.15.